The maximum atomic E-state index is 12.6. The first-order valence-corrected chi connectivity index (χ1v) is 9.28. The summed E-state index contributed by atoms with van der Waals surface area (Å²) in [4.78, 5) is 24.3. The number of aliphatic hydroxyl groups excluding tert-OH is 1. The molecule has 158 valence electrons. The number of hydrogen-bond acceptors (Lipinski definition) is 7. The van der Waals surface area contributed by atoms with Gasteiger partial charge in [0, 0.05) is 17.5 Å². The van der Waals surface area contributed by atoms with Crippen LogP contribution in [0.4, 0.5) is 0 Å². The number of carbonyl (C=O) groups excluding carboxylic acids is 1. The average Bonchev–Trinajstić information content (AvgIpc) is 2.76. The summed E-state index contributed by atoms with van der Waals surface area (Å²) in [6.45, 7) is 1.30. The highest BCUT2D eigenvalue weighted by Gasteiger charge is 2.13. The van der Waals surface area contributed by atoms with Crippen LogP contribution in [0.25, 0.3) is 22.1 Å². The zero-order chi connectivity index (χ0) is 21.7. The zero-order valence-electron chi connectivity index (χ0n) is 16.9. The van der Waals surface area contributed by atoms with E-state index in [-0.39, 0.29) is 25.2 Å². The van der Waals surface area contributed by atoms with Crippen molar-refractivity contribution in [2.24, 2.45) is 0 Å². The van der Waals surface area contributed by atoms with E-state index in [9.17, 15) is 9.59 Å². The molecule has 0 aliphatic heterocycles. The van der Waals surface area contributed by atoms with Crippen molar-refractivity contribution in [2.75, 3.05) is 27.4 Å². The number of hydrogen-bond donors (Lipinski definition) is 2. The van der Waals surface area contributed by atoms with E-state index >= 15 is 0 Å². The summed E-state index contributed by atoms with van der Waals surface area (Å²) in [5.41, 5.74) is 0.847. The molecule has 0 aliphatic carbocycles. The van der Waals surface area contributed by atoms with E-state index in [1.54, 1.807) is 56.5 Å². The summed E-state index contributed by atoms with van der Waals surface area (Å²) in [6, 6.07) is 11.5. The molecule has 1 amide bonds. The highest BCUT2D eigenvalue weighted by molar-refractivity contribution is 5.83. The van der Waals surface area contributed by atoms with Crippen LogP contribution in [0.1, 0.15) is 6.92 Å². The molecule has 1 heterocycles. The van der Waals surface area contributed by atoms with Gasteiger partial charge in [-0.1, -0.05) is 6.07 Å². The minimum Gasteiger partial charge on any atom is -0.493 e. The maximum absolute atomic E-state index is 12.6. The number of nitrogens with one attached hydrogen (secondary N) is 1. The largest absolute Gasteiger partial charge is 0.493 e. The van der Waals surface area contributed by atoms with E-state index < -0.39 is 5.63 Å². The summed E-state index contributed by atoms with van der Waals surface area (Å²) >= 11 is 0. The quantitative estimate of drug-likeness (QED) is 0.546. The highest BCUT2D eigenvalue weighted by Crippen LogP contribution is 2.32. The molecule has 0 unspecified atom stereocenters. The summed E-state index contributed by atoms with van der Waals surface area (Å²) in [6.07, 6.45) is 0. The van der Waals surface area contributed by atoms with E-state index in [4.69, 9.17) is 23.7 Å². The van der Waals surface area contributed by atoms with Gasteiger partial charge in [0.05, 0.1) is 26.4 Å². The third-order valence-electron chi connectivity index (χ3n) is 4.45. The Labute approximate surface area is 173 Å². The van der Waals surface area contributed by atoms with Gasteiger partial charge >= 0.3 is 5.63 Å². The van der Waals surface area contributed by atoms with Gasteiger partial charge < -0.3 is 29.1 Å². The van der Waals surface area contributed by atoms with E-state index in [0.717, 1.165) is 0 Å². The molecular weight excluding hydrogens is 390 g/mol. The van der Waals surface area contributed by atoms with Crippen LogP contribution in [0.15, 0.2) is 51.7 Å². The second-order valence-corrected chi connectivity index (χ2v) is 6.66. The molecule has 0 fully saturated rings. The molecule has 3 aromatic rings. The molecule has 8 heteroatoms. The molecule has 0 radical (unpaired) electrons. The van der Waals surface area contributed by atoms with Gasteiger partial charge in [-0.3, -0.25) is 4.79 Å². The van der Waals surface area contributed by atoms with Crippen LogP contribution in [-0.2, 0) is 4.79 Å². The van der Waals surface area contributed by atoms with Gasteiger partial charge in [0.25, 0.3) is 5.91 Å². The monoisotopic (exact) mass is 413 g/mol. The number of aliphatic hydroxyl groups is 1. The first-order chi connectivity index (χ1) is 14.4. The molecule has 0 aliphatic rings. The molecule has 1 atom stereocenters. The first kappa shape index (κ1) is 21.2. The van der Waals surface area contributed by atoms with Crippen molar-refractivity contribution in [3.05, 3.63) is 52.9 Å². The molecule has 0 saturated heterocycles. The highest BCUT2D eigenvalue weighted by atomic mass is 16.5. The Morgan fingerprint density at radius 1 is 1.10 bits per heavy atom. The summed E-state index contributed by atoms with van der Waals surface area (Å²) in [7, 11) is 3.06. The maximum Gasteiger partial charge on any atom is 0.344 e. The van der Waals surface area contributed by atoms with Gasteiger partial charge in [-0.2, -0.15) is 0 Å². The summed E-state index contributed by atoms with van der Waals surface area (Å²) in [5, 5.41) is 12.2. The van der Waals surface area contributed by atoms with Crippen LogP contribution in [0.3, 0.4) is 0 Å². The van der Waals surface area contributed by atoms with Crippen LogP contribution in [0.5, 0.6) is 17.2 Å². The molecule has 3 rings (SSSR count). The van der Waals surface area contributed by atoms with Crippen molar-refractivity contribution in [2.45, 2.75) is 13.0 Å². The number of amides is 1. The molecule has 30 heavy (non-hydrogen) atoms. The Morgan fingerprint density at radius 2 is 1.87 bits per heavy atom. The number of benzene rings is 2. The second kappa shape index (κ2) is 9.32. The minimum absolute atomic E-state index is 0.157. The topological polar surface area (TPSA) is 107 Å². The van der Waals surface area contributed by atoms with Gasteiger partial charge in [-0.25, -0.2) is 4.79 Å². The van der Waals surface area contributed by atoms with Crippen molar-refractivity contribution < 1.29 is 28.5 Å². The SMILES string of the molecule is COc1ccc(-c2cc3ccc(OCC(=O)N[C@@H](C)CO)cc3oc2=O)cc1OC. The van der Waals surface area contributed by atoms with Crippen LogP contribution < -0.4 is 25.2 Å². The van der Waals surface area contributed by atoms with Crippen molar-refractivity contribution in [3.63, 3.8) is 0 Å². The van der Waals surface area contributed by atoms with Gasteiger partial charge in [-0.15, -0.1) is 0 Å². The number of rotatable bonds is 8. The molecule has 0 bridgehead atoms. The lowest BCUT2D eigenvalue weighted by molar-refractivity contribution is -0.124. The number of methoxy groups -OCH3 is 2. The summed E-state index contributed by atoms with van der Waals surface area (Å²) < 4.78 is 21.4. The van der Waals surface area contributed by atoms with Crippen LogP contribution in [0, 0.1) is 0 Å². The van der Waals surface area contributed by atoms with Gasteiger partial charge in [0.1, 0.15) is 11.3 Å². The predicted molar refractivity (Wildman–Crippen MR) is 111 cm³/mol. The lowest BCUT2D eigenvalue weighted by atomic mass is 10.1. The number of carbonyl (C=O) groups is 1. The Hall–Kier alpha value is -3.52. The lowest BCUT2D eigenvalue weighted by Gasteiger charge is -2.12. The second-order valence-electron chi connectivity index (χ2n) is 6.66. The first-order valence-electron chi connectivity index (χ1n) is 9.28. The fourth-order valence-electron chi connectivity index (χ4n) is 2.90. The number of ether oxygens (including phenoxy) is 3. The van der Waals surface area contributed by atoms with Crippen LogP contribution in [-0.4, -0.2) is 44.5 Å². The lowest BCUT2D eigenvalue weighted by Crippen LogP contribution is -2.38. The normalized spacial score (nSPS) is 11.7. The van der Waals surface area contributed by atoms with Crippen molar-refractivity contribution in [1.29, 1.82) is 0 Å². The molecule has 0 saturated carbocycles. The molecule has 2 aromatic carbocycles. The van der Waals surface area contributed by atoms with Crippen LogP contribution in [0.2, 0.25) is 0 Å². The van der Waals surface area contributed by atoms with E-state index in [2.05, 4.69) is 5.32 Å². The fourth-order valence-corrected chi connectivity index (χ4v) is 2.90. The van der Waals surface area contributed by atoms with E-state index in [1.165, 1.54) is 7.11 Å². The zero-order valence-corrected chi connectivity index (χ0v) is 16.9. The number of fused-ring (bicyclic) bond motifs is 1. The van der Waals surface area contributed by atoms with Gasteiger partial charge in [-0.05, 0) is 42.8 Å². The Morgan fingerprint density at radius 3 is 2.57 bits per heavy atom. The molecule has 8 nitrogen and oxygen atoms in total. The van der Waals surface area contributed by atoms with Crippen LogP contribution >= 0.6 is 0 Å². The van der Waals surface area contributed by atoms with Crippen molar-refractivity contribution >= 4 is 16.9 Å². The Bertz CT molecular complexity index is 1110. The summed E-state index contributed by atoms with van der Waals surface area (Å²) in [5.74, 6) is 1.09. The molecule has 1 aromatic heterocycles. The molecule has 0 spiro atoms. The third kappa shape index (κ3) is 4.72. The van der Waals surface area contributed by atoms with E-state index in [0.29, 0.717) is 39.3 Å². The average molecular weight is 413 g/mol. The third-order valence-corrected chi connectivity index (χ3v) is 4.45. The van der Waals surface area contributed by atoms with E-state index in [1.807, 2.05) is 0 Å². The van der Waals surface area contributed by atoms with Crippen molar-refractivity contribution in [1.82, 2.24) is 5.32 Å². The Balaban J connectivity index is 1.84. The van der Waals surface area contributed by atoms with Crippen molar-refractivity contribution in [3.8, 4) is 28.4 Å². The van der Waals surface area contributed by atoms with Gasteiger partial charge in [0.2, 0.25) is 0 Å². The molecular formula is C22H23NO7. The molecule has 2 N–H and O–H groups in total. The fraction of sp³-hybridized carbons (Fsp3) is 0.273. The predicted octanol–water partition coefficient (Wildman–Crippen LogP) is 2.35. The smallest absolute Gasteiger partial charge is 0.344 e. The minimum atomic E-state index is -0.513. The van der Waals surface area contributed by atoms with Gasteiger partial charge in [0.15, 0.2) is 18.1 Å². The standard InChI is InChI=1S/C22H23NO7/c1-13(11-24)23-21(25)12-29-16-6-4-15-8-17(22(26)30-19(15)10-16)14-5-7-18(27-2)20(9-14)28-3/h4-10,13,24H,11-12H2,1-3H3,(H,23,25)/t13-/m0/s1. The Kier molecular flexibility index (Phi) is 6.58.